The van der Waals surface area contributed by atoms with E-state index in [9.17, 15) is 9.59 Å². The number of nitrogens with one attached hydrogen (secondary N) is 2. The molecule has 2 aromatic heterocycles. The van der Waals surface area contributed by atoms with Crippen molar-refractivity contribution in [3.8, 4) is 0 Å². The van der Waals surface area contributed by atoms with Gasteiger partial charge < -0.3 is 20.6 Å². The van der Waals surface area contributed by atoms with E-state index >= 15 is 0 Å². The third kappa shape index (κ3) is 8.36. The van der Waals surface area contributed by atoms with Gasteiger partial charge in [0, 0.05) is 34.5 Å². The number of likely N-dealkylation sites (tertiary alicyclic amines) is 1. The molecule has 0 unspecified atom stereocenters. The standard InChI is InChI=1S/C16H17ClN4O.C11H8ClN3O2/c17-12-4-6-13(7-5-12)18-15-9-8-14(19-20-15)16(22)21-10-2-1-3-11-21;12-7-1-3-8(4-2-7)13-10-6-5-9(11(16)17)14-15-10/h4-9H,1-3,10-11H2,(H,18,20);1-6H,(H,13,15)(H,16,17). The summed E-state index contributed by atoms with van der Waals surface area (Å²) in [4.78, 5) is 24.7. The Morgan fingerprint density at radius 2 is 1.10 bits per heavy atom. The summed E-state index contributed by atoms with van der Waals surface area (Å²) in [7, 11) is 0. The second kappa shape index (κ2) is 13.5. The van der Waals surface area contributed by atoms with Crippen LogP contribution in [0.4, 0.5) is 23.0 Å². The van der Waals surface area contributed by atoms with Crippen LogP contribution in [0.3, 0.4) is 0 Å². The molecule has 2 aromatic carbocycles. The lowest BCUT2D eigenvalue weighted by molar-refractivity contribution is 0.0686. The van der Waals surface area contributed by atoms with Gasteiger partial charge in [-0.2, -0.15) is 0 Å². The minimum Gasteiger partial charge on any atom is -0.476 e. The number of carbonyl (C=O) groups is 2. The van der Waals surface area contributed by atoms with Gasteiger partial charge in [-0.05, 0) is 92.1 Å². The van der Waals surface area contributed by atoms with E-state index in [1.54, 1.807) is 54.6 Å². The second-order valence-electron chi connectivity index (χ2n) is 8.53. The molecule has 5 rings (SSSR count). The Morgan fingerprint density at radius 1 is 0.641 bits per heavy atom. The van der Waals surface area contributed by atoms with Crippen LogP contribution >= 0.6 is 23.2 Å². The zero-order valence-corrected chi connectivity index (χ0v) is 22.2. The summed E-state index contributed by atoms with van der Waals surface area (Å²) in [5.41, 5.74) is 1.97. The smallest absolute Gasteiger partial charge is 0.356 e. The van der Waals surface area contributed by atoms with Gasteiger partial charge in [0.05, 0.1) is 0 Å². The van der Waals surface area contributed by atoms with Gasteiger partial charge in [0.15, 0.2) is 23.0 Å². The number of rotatable bonds is 6. The molecule has 1 aliphatic heterocycles. The van der Waals surface area contributed by atoms with Crippen LogP contribution in [0.2, 0.25) is 10.0 Å². The summed E-state index contributed by atoms with van der Waals surface area (Å²) in [6.07, 6.45) is 3.32. The molecule has 0 atom stereocenters. The van der Waals surface area contributed by atoms with E-state index in [1.807, 2.05) is 17.0 Å². The predicted octanol–water partition coefficient (Wildman–Crippen LogP) is 6.07. The van der Waals surface area contributed by atoms with Crippen LogP contribution in [0, 0.1) is 0 Å². The van der Waals surface area contributed by atoms with E-state index < -0.39 is 5.97 Å². The number of aromatic carboxylic acids is 1. The molecule has 0 spiro atoms. The summed E-state index contributed by atoms with van der Waals surface area (Å²) in [6.45, 7) is 1.62. The van der Waals surface area contributed by atoms with Crippen molar-refractivity contribution < 1.29 is 14.7 Å². The van der Waals surface area contributed by atoms with E-state index in [1.165, 1.54) is 12.5 Å². The summed E-state index contributed by atoms with van der Waals surface area (Å²) in [5, 5.41) is 31.5. The van der Waals surface area contributed by atoms with Crippen LogP contribution in [-0.2, 0) is 0 Å². The number of piperidine rings is 1. The first-order valence-corrected chi connectivity index (χ1v) is 12.9. The molecule has 1 aliphatic rings. The number of carboxylic acids is 1. The molecular weight excluding hydrogens is 541 g/mol. The highest BCUT2D eigenvalue weighted by atomic mass is 35.5. The number of carboxylic acid groups (broad SMARTS) is 1. The number of benzene rings is 2. The van der Waals surface area contributed by atoms with Crippen molar-refractivity contribution in [1.29, 1.82) is 0 Å². The Kier molecular flexibility index (Phi) is 9.60. The summed E-state index contributed by atoms with van der Waals surface area (Å²) in [5.74, 6) is -0.0735. The van der Waals surface area contributed by atoms with Gasteiger partial charge in [-0.3, -0.25) is 4.79 Å². The minimum atomic E-state index is -1.10. The largest absolute Gasteiger partial charge is 0.476 e. The van der Waals surface area contributed by atoms with Crippen LogP contribution in [0.25, 0.3) is 0 Å². The number of anilines is 4. The van der Waals surface area contributed by atoms with Crippen LogP contribution in [0.5, 0.6) is 0 Å². The van der Waals surface area contributed by atoms with Crippen molar-refractivity contribution >= 4 is 58.1 Å². The van der Waals surface area contributed by atoms with Crippen molar-refractivity contribution in [3.63, 3.8) is 0 Å². The number of carbonyl (C=O) groups excluding carboxylic acids is 1. The average Bonchev–Trinajstić information content (AvgIpc) is 2.97. The van der Waals surface area contributed by atoms with Crippen LogP contribution in [-0.4, -0.2) is 55.4 Å². The molecular formula is C27H25Cl2N7O3. The van der Waals surface area contributed by atoms with Crippen LogP contribution < -0.4 is 10.6 Å². The highest BCUT2D eigenvalue weighted by molar-refractivity contribution is 6.30. The highest BCUT2D eigenvalue weighted by Gasteiger charge is 2.19. The fourth-order valence-electron chi connectivity index (χ4n) is 3.65. The Balaban J connectivity index is 0.000000187. The van der Waals surface area contributed by atoms with Crippen molar-refractivity contribution in [2.75, 3.05) is 23.7 Å². The maximum Gasteiger partial charge on any atom is 0.356 e. The van der Waals surface area contributed by atoms with E-state index in [4.69, 9.17) is 28.3 Å². The van der Waals surface area contributed by atoms with Crippen molar-refractivity contribution in [3.05, 3.63) is 94.2 Å². The molecule has 3 N–H and O–H groups in total. The highest BCUT2D eigenvalue weighted by Crippen LogP contribution is 2.19. The molecule has 0 saturated carbocycles. The second-order valence-corrected chi connectivity index (χ2v) is 9.40. The molecule has 3 heterocycles. The Hall–Kier alpha value is -4.28. The van der Waals surface area contributed by atoms with E-state index in [0.29, 0.717) is 27.4 Å². The molecule has 1 amide bonds. The number of halogens is 2. The molecule has 0 aliphatic carbocycles. The molecule has 0 bridgehead atoms. The normalized spacial score (nSPS) is 12.6. The fourth-order valence-corrected chi connectivity index (χ4v) is 3.90. The molecule has 4 aromatic rings. The predicted molar refractivity (Wildman–Crippen MR) is 150 cm³/mol. The molecule has 200 valence electrons. The fraction of sp³-hybridized carbons (Fsp3) is 0.185. The third-order valence-electron chi connectivity index (χ3n) is 5.64. The first-order valence-electron chi connectivity index (χ1n) is 12.1. The first kappa shape index (κ1) is 27.7. The van der Waals surface area contributed by atoms with Gasteiger partial charge in [0.1, 0.15) is 0 Å². The zero-order valence-electron chi connectivity index (χ0n) is 20.7. The quantitative estimate of drug-likeness (QED) is 0.254. The Bertz CT molecular complexity index is 1380. The lowest BCUT2D eigenvalue weighted by Gasteiger charge is -2.26. The lowest BCUT2D eigenvalue weighted by Crippen LogP contribution is -2.36. The number of hydrogen-bond donors (Lipinski definition) is 3. The van der Waals surface area contributed by atoms with E-state index in [-0.39, 0.29) is 11.6 Å². The van der Waals surface area contributed by atoms with Gasteiger partial charge in [-0.15, -0.1) is 20.4 Å². The molecule has 0 radical (unpaired) electrons. The number of amides is 1. The maximum absolute atomic E-state index is 12.3. The first-order chi connectivity index (χ1) is 18.9. The topological polar surface area (TPSA) is 133 Å². The number of aromatic nitrogens is 4. The van der Waals surface area contributed by atoms with Crippen molar-refractivity contribution in [2.24, 2.45) is 0 Å². The van der Waals surface area contributed by atoms with E-state index in [0.717, 1.165) is 37.3 Å². The van der Waals surface area contributed by atoms with Gasteiger partial charge in [-0.25, -0.2) is 4.79 Å². The number of nitrogens with zero attached hydrogens (tertiary/aromatic N) is 5. The van der Waals surface area contributed by atoms with Gasteiger partial charge >= 0.3 is 5.97 Å². The minimum absolute atomic E-state index is 0.0368. The van der Waals surface area contributed by atoms with Gasteiger partial charge in [-0.1, -0.05) is 23.2 Å². The third-order valence-corrected chi connectivity index (χ3v) is 6.15. The average molecular weight is 566 g/mol. The Morgan fingerprint density at radius 3 is 1.51 bits per heavy atom. The molecule has 10 nitrogen and oxygen atoms in total. The lowest BCUT2D eigenvalue weighted by atomic mass is 10.1. The Labute approximate surface area is 235 Å². The van der Waals surface area contributed by atoms with Gasteiger partial charge in [0.25, 0.3) is 5.91 Å². The zero-order chi connectivity index (χ0) is 27.6. The van der Waals surface area contributed by atoms with E-state index in [2.05, 4.69) is 31.0 Å². The summed E-state index contributed by atoms with van der Waals surface area (Å²) >= 11 is 11.6. The van der Waals surface area contributed by atoms with Crippen molar-refractivity contribution in [1.82, 2.24) is 25.3 Å². The molecule has 1 saturated heterocycles. The SMILES string of the molecule is O=C(O)c1ccc(Nc2ccc(Cl)cc2)nn1.O=C(c1ccc(Nc2ccc(Cl)cc2)nn1)N1CCCCC1. The van der Waals surface area contributed by atoms with Crippen LogP contribution in [0.15, 0.2) is 72.8 Å². The summed E-state index contributed by atoms with van der Waals surface area (Å²) < 4.78 is 0. The molecule has 39 heavy (non-hydrogen) atoms. The van der Waals surface area contributed by atoms with Crippen molar-refractivity contribution in [2.45, 2.75) is 19.3 Å². The maximum atomic E-state index is 12.3. The summed E-state index contributed by atoms with van der Waals surface area (Å²) in [6, 6.07) is 20.8. The number of hydrogen-bond acceptors (Lipinski definition) is 8. The molecule has 1 fully saturated rings. The monoisotopic (exact) mass is 565 g/mol. The molecule has 12 heteroatoms. The van der Waals surface area contributed by atoms with Crippen LogP contribution in [0.1, 0.15) is 40.2 Å². The van der Waals surface area contributed by atoms with Gasteiger partial charge in [0.2, 0.25) is 0 Å².